The highest BCUT2D eigenvalue weighted by atomic mass is 35.5. The Balaban J connectivity index is 1.79. The highest BCUT2D eigenvalue weighted by Gasteiger charge is 2.40. The van der Waals surface area contributed by atoms with Gasteiger partial charge in [-0.05, 0) is 0 Å². The summed E-state index contributed by atoms with van der Waals surface area (Å²) in [5.41, 5.74) is -0.164. The Morgan fingerprint density at radius 3 is 3.06 bits per heavy atom. The quantitative estimate of drug-likeness (QED) is 0.753. The van der Waals surface area contributed by atoms with Crippen molar-refractivity contribution >= 4 is 17.4 Å². The number of nitrogens with zero attached hydrogens (tertiary/aromatic N) is 3. The van der Waals surface area contributed by atoms with Crippen LogP contribution in [0.2, 0.25) is 5.15 Å². The van der Waals surface area contributed by atoms with Crippen molar-refractivity contribution in [3.8, 4) is 0 Å². The van der Waals surface area contributed by atoms with E-state index < -0.39 is 0 Å². The standard InChI is InChI=1S/C11H14ClN3O2/c12-9-5-13-6-10(14-9)15-2-4-17-11(7-15)1-3-16-8-11/h5-6H,1-4,7-8H2. The van der Waals surface area contributed by atoms with Crippen LogP contribution in [0, 0.1) is 0 Å². The molecule has 2 aliphatic rings. The van der Waals surface area contributed by atoms with Crippen molar-refractivity contribution < 1.29 is 9.47 Å². The van der Waals surface area contributed by atoms with E-state index >= 15 is 0 Å². The van der Waals surface area contributed by atoms with Crippen LogP contribution in [0.15, 0.2) is 12.4 Å². The number of aromatic nitrogens is 2. The number of halogens is 1. The van der Waals surface area contributed by atoms with Crippen LogP contribution in [0.5, 0.6) is 0 Å². The van der Waals surface area contributed by atoms with Gasteiger partial charge in [-0.25, -0.2) is 4.98 Å². The molecular formula is C11H14ClN3O2. The molecule has 1 aromatic rings. The molecule has 0 amide bonds. The van der Waals surface area contributed by atoms with E-state index in [9.17, 15) is 0 Å². The molecule has 17 heavy (non-hydrogen) atoms. The van der Waals surface area contributed by atoms with Crippen LogP contribution in [0.3, 0.4) is 0 Å². The van der Waals surface area contributed by atoms with E-state index in [1.165, 1.54) is 0 Å². The molecule has 0 aromatic carbocycles. The third kappa shape index (κ3) is 2.22. The molecule has 0 bridgehead atoms. The van der Waals surface area contributed by atoms with Crippen LogP contribution in [-0.4, -0.2) is 48.5 Å². The molecule has 5 nitrogen and oxygen atoms in total. The van der Waals surface area contributed by atoms with E-state index in [2.05, 4.69) is 14.9 Å². The topological polar surface area (TPSA) is 47.5 Å². The van der Waals surface area contributed by atoms with Gasteiger partial charge in [0.2, 0.25) is 0 Å². The smallest absolute Gasteiger partial charge is 0.149 e. The van der Waals surface area contributed by atoms with Crippen LogP contribution in [0.4, 0.5) is 5.82 Å². The predicted molar refractivity (Wildman–Crippen MR) is 63.4 cm³/mol. The second kappa shape index (κ2) is 4.40. The predicted octanol–water partition coefficient (Wildman–Crippen LogP) is 1.13. The number of rotatable bonds is 1. The highest BCUT2D eigenvalue weighted by molar-refractivity contribution is 6.29. The molecule has 1 unspecified atom stereocenters. The van der Waals surface area contributed by atoms with E-state index in [4.69, 9.17) is 21.1 Å². The second-order valence-corrected chi connectivity index (χ2v) is 4.84. The maximum Gasteiger partial charge on any atom is 0.149 e. The first kappa shape index (κ1) is 11.2. The van der Waals surface area contributed by atoms with Gasteiger partial charge in [-0.15, -0.1) is 0 Å². The summed E-state index contributed by atoms with van der Waals surface area (Å²) in [5.74, 6) is 0.812. The summed E-state index contributed by atoms with van der Waals surface area (Å²) < 4.78 is 11.3. The molecule has 92 valence electrons. The van der Waals surface area contributed by atoms with Crippen molar-refractivity contribution in [2.24, 2.45) is 0 Å². The SMILES string of the molecule is Clc1cncc(N2CCOC3(CCOC3)C2)n1. The first-order valence-electron chi connectivity index (χ1n) is 5.72. The Morgan fingerprint density at radius 2 is 2.29 bits per heavy atom. The zero-order chi connectivity index (χ0) is 11.7. The lowest BCUT2D eigenvalue weighted by Crippen LogP contribution is -2.52. The van der Waals surface area contributed by atoms with Gasteiger partial charge in [-0.3, -0.25) is 4.98 Å². The number of morpholine rings is 1. The molecule has 1 atom stereocenters. The average Bonchev–Trinajstić information content (AvgIpc) is 2.77. The van der Waals surface area contributed by atoms with Gasteiger partial charge in [0.25, 0.3) is 0 Å². The Labute approximate surface area is 105 Å². The van der Waals surface area contributed by atoms with Gasteiger partial charge in [0.05, 0.1) is 32.2 Å². The Bertz CT molecular complexity index is 409. The van der Waals surface area contributed by atoms with Crippen LogP contribution in [-0.2, 0) is 9.47 Å². The average molecular weight is 256 g/mol. The highest BCUT2D eigenvalue weighted by Crippen LogP contribution is 2.29. The Kier molecular flexibility index (Phi) is 2.90. The molecular weight excluding hydrogens is 242 g/mol. The molecule has 1 spiro atoms. The minimum Gasteiger partial charge on any atom is -0.378 e. The molecule has 3 heterocycles. The third-order valence-electron chi connectivity index (χ3n) is 3.23. The zero-order valence-electron chi connectivity index (χ0n) is 9.43. The number of hydrogen-bond donors (Lipinski definition) is 0. The minimum atomic E-state index is -0.164. The van der Waals surface area contributed by atoms with Gasteiger partial charge in [0.15, 0.2) is 0 Å². The number of anilines is 1. The van der Waals surface area contributed by atoms with Crippen LogP contribution in [0.1, 0.15) is 6.42 Å². The number of ether oxygens (including phenoxy) is 2. The molecule has 0 radical (unpaired) electrons. The third-order valence-corrected chi connectivity index (χ3v) is 3.41. The molecule has 2 saturated heterocycles. The summed E-state index contributed by atoms with van der Waals surface area (Å²) in [4.78, 5) is 10.5. The summed E-state index contributed by atoms with van der Waals surface area (Å²) in [6, 6.07) is 0. The molecule has 6 heteroatoms. The van der Waals surface area contributed by atoms with Gasteiger partial charge >= 0.3 is 0 Å². The fraction of sp³-hybridized carbons (Fsp3) is 0.636. The summed E-state index contributed by atoms with van der Waals surface area (Å²) in [7, 11) is 0. The van der Waals surface area contributed by atoms with Crippen molar-refractivity contribution in [1.29, 1.82) is 0 Å². The monoisotopic (exact) mass is 255 g/mol. The molecule has 0 saturated carbocycles. The molecule has 2 aliphatic heterocycles. The lowest BCUT2D eigenvalue weighted by atomic mass is 10.0. The molecule has 3 rings (SSSR count). The molecule has 0 aliphatic carbocycles. The molecule has 0 N–H and O–H groups in total. The van der Waals surface area contributed by atoms with Crippen molar-refractivity contribution in [2.75, 3.05) is 37.8 Å². The lowest BCUT2D eigenvalue weighted by molar-refractivity contribution is -0.0581. The van der Waals surface area contributed by atoms with Crippen molar-refractivity contribution in [3.63, 3.8) is 0 Å². The zero-order valence-corrected chi connectivity index (χ0v) is 10.2. The van der Waals surface area contributed by atoms with Gasteiger partial charge in [-0.2, -0.15) is 0 Å². The maximum absolute atomic E-state index is 5.86. The minimum absolute atomic E-state index is 0.164. The van der Waals surface area contributed by atoms with E-state index in [1.807, 2.05) is 0 Å². The number of hydrogen-bond acceptors (Lipinski definition) is 5. The summed E-state index contributed by atoms with van der Waals surface area (Å²) in [6.07, 6.45) is 4.22. The molecule has 2 fully saturated rings. The van der Waals surface area contributed by atoms with E-state index in [0.29, 0.717) is 18.4 Å². The first-order valence-corrected chi connectivity index (χ1v) is 6.09. The Morgan fingerprint density at radius 1 is 1.35 bits per heavy atom. The van der Waals surface area contributed by atoms with Gasteiger partial charge in [0, 0.05) is 19.6 Å². The van der Waals surface area contributed by atoms with Crippen LogP contribution in [0.25, 0.3) is 0 Å². The van der Waals surface area contributed by atoms with Crippen LogP contribution >= 0.6 is 11.6 Å². The fourth-order valence-electron chi connectivity index (χ4n) is 2.35. The largest absolute Gasteiger partial charge is 0.378 e. The fourth-order valence-corrected chi connectivity index (χ4v) is 2.50. The Hall–Kier alpha value is -0.910. The van der Waals surface area contributed by atoms with E-state index in [1.54, 1.807) is 12.4 Å². The summed E-state index contributed by atoms with van der Waals surface area (Å²) in [5, 5.41) is 0.422. The van der Waals surface area contributed by atoms with Crippen molar-refractivity contribution in [1.82, 2.24) is 9.97 Å². The van der Waals surface area contributed by atoms with Crippen LogP contribution < -0.4 is 4.90 Å². The van der Waals surface area contributed by atoms with E-state index in [-0.39, 0.29) is 5.60 Å². The van der Waals surface area contributed by atoms with Gasteiger partial charge in [0.1, 0.15) is 16.6 Å². The van der Waals surface area contributed by atoms with Gasteiger partial charge in [-0.1, -0.05) is 11.6 Å². The molecule has 1 aromatic heterocycles. The summed E-state index contributed by atoms with van der Waals surface area (Å²) in [6.45, 7) is 3.74. The lowest BCUT2D eigenvalue weighted by Gasteiger charge is -2.39. The second-order valence-electron chi connectivity index (χ2n) is 4.46. The van der Waals surface area contributed by atoms with Gasteiger partial charge < -0.3 is 14.4 Å². The van der Waals surface area contributed by atoms with Crippen molar-refractivity contribution in [2.45, 2.75) is 12.0 Å². The normalized spacial score (nSPS) is 28.9. The van der Waals surface area contributed by atoms with E-state index in [0.717, 1.165) is 31.9 Å². The first-order chi connectivity index (χ1) is 8.27. The van der Waals surface area contributed by atoms with Crippen molar-refractivity contribution in [3.05, 3.63) is 17.5 Å². The summed E-state index contributed by atoms with van der Waals surface area (Å²) >= 11 is 5.86. The maximum atomic E-state index is 5.86.